The van der Waals surface area contributed by atoms with Gasteiger partial charge in [-0.05, 0) is 61.9 Å². The number of aryl methyl sites for hydroxylation is 1. The molecule has 0 saturated carbocycles. The summed E-state index contributed by atoms with van der Waals surface area (Å²) >= 11 is 1.25. The smallest absolute Gasteiger partial charge is 0.272 e. The van der Waals surface area contributed by atoms with Crippen LogP contribution in [0.4, 0.5) is 17.1 Å². The predicted molar refractivity (Wildman–Crippen MR) is 157 cm³/mol. The van der Waals surface area contributed by atoms with Gasteiger partial charge in [-0.2, -0.15) is 0 Å². The van der Waals surface area contributed by atoms with Crippen LogP contribution >= 0.6 is 11.8 Å². The number of thioether (sulfide) groups is 1. The van der Waals surface area contributed by atoms with Crippen LogP contribution in [0.15, 0.2) is 106 Å². The first-order valence-corrected chi connectivity index (χ1v) is 13.3. The molecular weight excluding hydrogens is 544 g/mol. The number of non-ortho nitro benzene ring substituents is 1. The molecule has 1 atom stereocenters. The lowest BCUT2D eigenvalue weighted by Crippen LogP contribution is -2.30. The zero-order chi connectivity index (χ0) is 29.4. The highest BCUT2D eigenvalue weighted by molar-refractivity contribution is 8.00. The van der Waals surface area contributed by atoms with E-state index in [4.69, 9.17) is 4.42 Å². The summed E-state index contributed by atoms with van der Waals surface area (Å²) in [6, 6.07) is 23.0. The molecule has 0 spiro atoms. The number of rotatable bonds is 10. The first-order chi connectivity index (χ1) is 19.7. The first kappa shape index (κ1) is 28.8. The molecule has 41 heavy (non-hydrogen) atoms. The molecule has 0 aliphatic rings. The molecule has 0 saturated heterocycles. The van der Waals surface area contributed by atoms with E-state index in [-0.39, 0.29) is 17.3 Å². The molecule has 0 aliphatic heterocycles. The lowest BCUT2D eigenvalue weighted by molar-refractivity contribution is -0.384. The van der Waals surface area contributed by atoms with Crippen molar-refractivity contribution in [3.63, 3.8) is 0 Å². The van der Waals surface area contributed by atoms with Crippen molar-refractivity contribution in [1.82, 2.24) is 5.32 Å². The number of benzene rings is 3. The van der Waals surface area contributed by atoms with Gasteiger partial charge in [-0.15, -0.1) is 11.8 Å². The molecule has 4 aromatic rings. The van der Waals surface area contributed by atoms with Gasteiger partial charge in [0.25, 0.3) is 17.5 Å². The van der Waals surface area contributed by atoms with Gasteiger partial charge in [-0.3, -0.25) is 24.5 Å². The number of nitrogens with one attached hydrogen (secondary N) is 3. The van der Waals surface area contributed by atoms with Crippen LogP contribution in [0.5, 0.6) is 0 Å². The summed E-state index contributed by atoms with van der Waals surface area (Å²) in [5.41, 5.74) is 1.76. The van der Waals surface area contributed by atoms with Crippen molar-refractivity contribution in [2.75, 3.05) is 10.6 Å². The van der Waals surface area contributed by atoms with E-state index in [1.807, 2.05) is 0 Å². The second kappa shape index (κ2) is 13.3. The Labute approximate surface area is 240 Å². The van der Waals surface area contributed by atoms with Gasteiger partial charge in [0.15, 0.2) is 0 Å². The largest absolute Gasteiger partial charge is 0.465 e. The summed E-state index contributed by atoms with van der Waals surface area (Å²) in [5.74, 6) is -0.978. The summed E-state index contributed by atoms with van der Waals surface area (Å²) < 4.78 is 5.32. The minimum Gasteiger partial charge on any atom is -0.465 e. The van der Waals surface area contributed by atoms with Gasteiger partial charge in [0, 0.05) is 34.4 Å². The Bertz CT molecular complexity index is 1600. The third-order valence-electron chi connectivity index (χ3n) is 5.82. The van der Waals surface area contributed by atoms with Gasteiger partial charge in [-0.1, -0.05) is 30.3 Å². The Morgan fingerprint density at radius 1 is 0.951 bits per heavy atom. The molecule has 0 radical (unpaired) electrons. The summed E-state index contributed by atoms with van der Waals surface area (Å²) in [4.78, 5) is 50.1. The zero-order valence-corrected chi connectivity index (χ0v) is 22.9. The van der Waals surface area contributed by atoms with E-state index < -0.39 is 22.0 Å². The average Bonchev–Trinajstić information content (AvgIpc) is 3.47. The van der Waals surface area contributed by atoms with Crippen LogP contribution in [0.25, 0.3) is 6.08 Å². The first-order valence-electron chi connectivity index (χ1n) is 12.4. The van der Waals surface area contributed by atoms with Crippen molar-refractivity contribution >= 4 is 52.6 Å². The van der Waals surface area contributed by atoms with E-state index in [2.05, 4.69) is 16.0 Å². The van der Waals surface area contributed by atoms with Gasteiger partial charge in [-0.25, -0.2) is 0 Å². The highest BCUT2D eigenvalue weighted by Gasteiger charge is 2.19. The number of anilines is 2. The van der Waals surface area contributed by atoms with Crippen molar-refractivity contribution < 1.29 is 23.7 Å². The molecule has 3 N–H and O–H groups in total. The Kier molecular flexibility index (Phi) is 9.33. The number of carbonyl (C=O) groups excluding carboxylic acids is 3. The molecule has 208 valence electrons. The number of carbonyl (C=O) groups is 3. The number of amides is 3. The van der Waals surface area contributed by atoms with Gasteiger partial charge < -0.3 is 20.4 Å². The van der Waals surface area contributed by atoms with Crippen LogP contribution in [-0.2, 0) is 9.59 Å². The highest BCUT2D eigenvalue weighted by Crippen LogP contribution is 2.28. The Morgan fingerprint density at radius 3 is 2.44 bits per heavy atom. The normalized spacial score (nSPS) is 11.8. The number of hydrogen-bond donors (Lipinski definition) is 3. The van der Waals surface area contributed by atoms with E-state index in [0.29, 0.717) is 33.2 Å². The minimum atomic E-state index is -0.570. The SMILES string of the molecule is Cc1ccc([N+](=O)[O-])cc1NC(=O)C(C)Sc1cccc(NC(=O)/C(=C/c2ccco2)NC(=O)c2ccccc2)c1. The van der Waals surface area contributed by atoms with Crippen LogP contribution in [0, 0.1) is 17.0 Å². The van der Waals surface area contributed by atoms with Crippen molar-refractivity contribution in [2.24, 2.45) is 0 Å². The van der Waals surface area contributed by atoms with Crippen LogP contribution in [0.3, 0.4) is 0 Å². The predicted octanol–water partition coefficient (Wildman–Crippen LogP) is 6.03. The maximum absolute atomic E-state index is 13.2. The third kappa shape index (κ3) is 7.93. The van der Waals surface area contributed by atoms with Crippen LogP contribution in [0.1, 0.15) is 28.6 Å². The molecule has 1 aromatic heterocycles. The van der Waals surface area contributed by atoms with E-state index in [1.54, 1.807) is 86.6 Å². The van der Waals surface area contributed by atoms with Gasteiger partial charge >= 0.3 is 0 Å². The third-order valence-corrected chi connectivity index (χ3v) is 6.92. The van der Waals surface area contributed by atoms with Crippen molar-refractivity contribution in [1.29, 1.82) is 0 Å². The van der Waals surface area contributed by atoms with Gasteiger partial charge in [0.1, 0.15) is 11.5 Å². The molecule has 4 rings (SSSR count). The maximum atomic E-state index is 13.2. The topological polar surface area (TPSA) is 144 Å². The second-order valence-electron chi connectivity index (χ2n) is 8.88. The lowest BCUT2D eigenvalue weighted by Gasteiger charge is -2.15. The number of nitro benzene ring substituents is 1. The standard InChI is InChI=1S/C30H26N4O6S/c1-19-13-14-23(34(38)39)17-26(19)32-28(35)20(2)41-25-12-6-10-22(16-25)31-30(37)27(18-24-11-7-15-40-24)33-29(36)21-8-4-3-5-9-21/h3-18,20H,1-2H3,(H,31,37)(H,32,35)(H,33,36)/b27-18-. The molecule has 3 aromatic carbocycles. The van der Waals surface area contributed by atoms with Crippen molar-refractivity contribution in [3.05, 3.63) is 124 Å². The van der Waals surface area contributed by atoms with E-state index in [1.165, 1.54) is 36.2 Å². The number of nitro groups is 1. The van der Waals surface area contributed by atoms with Crippen molar-refractivity contribution in [2.45, 2.75) is 24.0 Å². The van der Waals surface area contributed by atoms with Crippen LogP contribution in [-0.4, -0.2) is 27.9 Å². The molecule has 0 fully saturated rings. The Morgan fingerprint density at radius 2 is 1.73 bits per heavy atom. The molecule has 1 unspecified atom stereocenters. The summed E-state index contributed by atoms with van der Waals surface area (Å²) in [6.07, 6.45) is 2.88. The summed E-state index contributed by atoms with van der Waals surface area (Å²) in [5, 5.41) is 18.7. The Hall–Kier alpha value is -5.16. The van der Waals surface area contributed by atoms with E-state index in [0.717, 1.165) is 0 Å². The van der Waals surface area contributed by atoms with Crippen LogP contribution < -0.4 is 16.0 Å². The fourth-order valence-corrected chi connectivity index (χ4v) is 4.58. The molecular formula is C30H26N4O6S. The number of furan rings is 1. The van der Waals surface area contributed by atoms with Gasteiger partial charge in [0.2, 0.25) is 5.91 Å². The molecule has 0 aliphatic carbocycles. The molecule has 10 nitrogen and oxygen atoms in total. The minimum absolute atomic E-state index is 0.0214. The maximum Gasteiger partial charge on any atom is 0.272 e. The summed E-state index contributed by atoms with van der Waals surface area (Å²) in [7, 11) is 0. The van der Waals surface area contributed by atoms with Crippen LogP contribution in [0.2, 0.25) is 0 Å². The van der Waals surface area contributed by atoms with E-state index in [9.17, 15) is 24.5 Å². The average molecular weight is 571 g/mol. The van der Waals surface area contributed by atoms with Crippen molar-refractivity contribution in [3.8, 4) is 0 Å². The summed E-state index contributed by atoms with van der Waals surface area (Å²) in [6.45, 7) is 3.46. The second-order valence-corrected chi connectivity index (χ2v) is 10.3. The number of nitrogens with zero attached hydrogens (tertiary/aromatic N) is 1. The molecule has 3 amide bonds. The number of hydrogen-bond acceptors (Lipinski definition) is 7. The highest BCUT2D eigenvalue weighted by atomic mass is 32.2. The molecule has 1 heterocycles. The molecule has 0 bridgehead atoms. The van der Waals surface area contributed by atoms with E-state index >= 15 is 0 Å². The fourth-order valence-electron chi connectivity index (χ4n) is 3.65. The lowest BCUT2D eigenvalue weighted by atomic mass is 10.2. The monoisotopic (exact) mass is 570 g/mol. The fraction of sp³-hybridized carbons (Fsp3) is 0.100. The molecule has 11 heteroatoms. The quantitative estimate of drug-likeness (QED) is 0.0915. The van der Waals surface area contributed by atoms with Gasteiger partial charge in [0.05, 0.1) is 22.1 Å². The zero-order valence-electron chi connectivity index (χ0n) is 22.1. The Balaban J connectivity index is 1.45.